The molecule has 5 nitrogen and oxygen atoms in total. The molecule has 0 aliphatic carbocycles. The van der Waals surface area contributed by atoms with Gasteiger partial charge in [-0.15, -0.1) is 0 Å². The molecule has 1 fully saturated rings. The molecular formula is C13H20F3NO4. The van der Waals surface area contributed by atoms with Gasteiger partial charge in [0.1, 0.15) is 5.60 Å². The van der Waals surface area contributed by atoms with Crippen LogP contribution in [0.25, 0.3) is 0 Å². The summed E-state index contributed by atoms with van der Waals surface area (Å²) in [5.41, 5.74) is -2.55. The summed E-state index contributed by atoms with van der Waals surface area (Å²) in [4.78, 5) is 24.3. The van der Waals surface area contributed by atoms with Gasteiger partial charge in [0.15, 0.2) is 0 Å². The predicted molar refractivity (Wildman–Crippen MR) is 67.8 cm³/mol. The zero-order chi connectivity index (χ0) is 16.5. The van der Waals surface area contributed by atoms with Crippen molar-refractivity contribution in [2.75, 3.05) is 13.1 Å². The quantitative estimate of drug-likeness (QED) is 0.851. The summed E-state index contributed by atoms with van der Waals surface area (Å²) in [6, 6.07) is 0. The zero-order valence-corrected chi connectivity index (χ0v) is 12.3. The normalized spacial score (nSPS) is 19.2. The van der Waals surface area contributed by atoms with Crippen LogP contribution in [-0.4, -0.2) is 46.9 Å². The molecule has 0 aromatic heterocycles. The minimum absolute atomic E-state index is 0.0582. The summed E-state index contributed by atoms with van der Waals surface area (Å²) in [5.74, 6) is -1.47. The number of alkyl halides is 3. The van der Waals surface area contributed by atoms with Crippen LogP contribution in [0.4, 0.5) is 18.0 Å². The first-order valence-corrected chi connectivity index (χ1v) is 6.63. The molecule has 122 valence electrons. The molecular weight excluding hydrogens is 291 g/mol. The molecule has 0 bridgehead atoms. The Morgan fingerprint density at radius 3 is 2.00 bits per heavy atom. The van der Waals surface area contributed by atoms with E-state index in [2.05, 4.69) is 0 Å². The summed E-state index contributed by atoms with van der Waals surface area (Å²) in [5, 5.41) is 9.13. The van der Waals surface area contributed by atoms with Crippen molar-refractivity contribution in [3.05, 3.63) is 0 Å². The third-order valence-corrected chi connectivity index (χ3v) is 3.36. The topological polar surface area (TPSA) is 66.8 Å². The SMILES string of the molecule is CC(C)(C)OC(=O)N1CCC(CC(F)(F)F)(C(=O)O)CC1. The number of ether oxygens (including phenoxy) is 1. The van der Waals surface area contributed by atoms with E-state index >= 15 is 0 Å². The van der Waals surface area contributed by atoms with Crippen molar-refractivity contribution in [2.45, 2.75) is 51.8 Å². The highest BCUT2D eigenvalue weighted by Crippen LogP contribution is 2.42. The van der Waals surface area contributed by atoms with E-state index in [0.29, 0.717) is 0 Å². The number of piperidine rings is 1. The van der Waals surface area contributed by atoms with Crippen molar-refractivity contribution in [3.63, 3.8) is 0 Å². The molecule has 0 aromatic rings. The third kappa shape index (κ3) is 5.09. The molecule has 0 radical (unpaired) electrons. The van der Waals surface area contributed by atoms with Crippen molar-refractivity contribution in [1.29, 1.82) is 0 Å². The predicted octanol–water partition coefficient (Wildman–Crippen LogP) is 3.04. The van der Waals surface area contributed by atoms with E-state index in [1.54, 1.807) is 20.8 Å². The molecule has 1 saturated heterocycles. The van der Waals surface area contributed by atoms with Gasteiger partial charge in [-0.05, 0) is 33.6 Å². The second-order valence-corrected chi connectivity index (χ2v) is 6.34. The van der Waals surface area contributed by atoms with Crippen LogP contribution < -0.4 is 0 Å². The van der Waals surface area contributed by atoms with Crippen molar-refractivity contribution < 1.29 is 32.6 Å². The molecule has 0 saturated carbocycles. The van der Waals surface area contributed by atoms with Crippen LogP contribution in [0.2, 0.25) is 0 Å². The second-order valence-electron chi connectivity index (χ2n) is 6.34. The van der Waals surface area contributed by atoms with Gasteiger partial charge in [0.2, 0.25) is 0 Å². The second kappa shape index (κ2) is 5.73. The van der Waals surface area contributed by atoms with Crippen molar-refractivity contribution in [2.24, 2.45) is 5.41 Å². The Hall–Kier alpha value is -1.47. The summed E-state index contributed by atoms with van der Waals surface area (Å²) in [7, 11) is 0. The molecule has 1 rings (SSSR count). The fourth-order valence-electron chi connectivity index (χ4n) is 2.29. The number of halogens is 3. The van der Waals surface area contributed by atoms with Crippen molar-refractivity contribution >= 4 is 12.1 Å². The zero-order valence-electron chi connectivity index (χ0n) is 12.3. The number of hydrogen-bond acceptors (Lipinski definition) is 3. The van der Waals surface area contributed by atoms with Crippen molar-refractivity contribution in [1.82, 2.24) is 4.90 Å². The Morgan fingerprint density at radius 1 is 1.19 bits per heavy atom. The number of likely N-dealkylation sites (tertiary alicyclic amines) is 1. The van der Waals surface area contributed by atoms with Crippen LogP contribution in [0, 0.1) is 5.41 Å². The number of aliphatic carboxylic acids is 1. The summed E-state index contributed by atoms with van der Waals surface area (Å²) >= 11 is 0. The Balaban J connectivity index is 2.71. The van der Waals surface area contributed by atoms with Crippen LogP contribution in [0.15, 0.2) is 0 Å². The van der Waals surface area contributed by atoms with E-state index in [4.69, 9.17) is 9.84 Å². The average Bonchev–Trinajstić information content (AvgIpc) is 2.24. The molecule has 1 amide bonds. The first kappa shape index (κ1) is 17.6. The number of rotatable bonds is 2. The van der Waals surface area contributed by atoms with Crippen LogP contribution in [-0.2, 0) is 9.53 Å². The van der Waals surface area contributed by atoms with E-state index < -0.39 is 35.7 Å². The standard InChI is InChI=1S/C13H20F3NO4/c1-11(2,3)21-10(20)17-6-4-12(5-7-17,9(18)19)8-13(14,15)16/h4-8H2,1-3H3,(H,18,19). The lowest BCUT2D eigenvalue weighted by Gasteiger charge is -2.39. The lowest BCUT2D eigenvalue weighted by molar-refractivity contribution is -0.184. The highest BCUT2D eigenvalue weighted by Gasteiger charge is 2.50. The van der Waals surface area contributed by atoms with E-state index in [1.165, 1.54) is 4.90 Å². The molecule has 8 heteroatoms. The van der Waals surface area contributed by atoms with Gasteiger partial charge in [-0.2, -0.15) is 13.2 Å². The van der Waals surface area contributed by atoms with Gasteiger partial charge in [0, 0.05) is 13.1 Å². The molecule has 1 aliphatic heterocycles. The smallest absolute Gasteiger partial charge is 0.410 e. The lowest BCUT2D eigenvalue weighted by Crippen LogP contribution is -2.49. The molecule has 1 N–H and O–H groups in total. The number of carbonyl (C=O) groups excluding carboxylic acids is 1. The molecule has 0 unspecified atom stereocenters. The number of carbonyl (C=O) groups is 2. The first-order valence-electron chi connectivity index (χ1n) is 6.63. The summed E-state index contributed by atoms with van der Waals surface area (Å²) in [6.07, 6.45) is -7.03. The molecule has 21 heavy (non-hydrogen) atoms. The van der Waals surface area contributed by atoms with Crippen LogP contribution in [0.5, 0.6) is 0 Å². The summed E-state index contributed by atoms with van der Waals surface area (Å²) < 4.78 is 42.8. The van der Waals surface area contributed by atoms with Crippen LogP contribution >= 0.6 is 0 Å². The van der Waals surface area contributed by atoms with Crippen LogP contribution in [0.3, 0.4) is 0 Å². The van der Waals surface area contributed by atoms with Gasteiger partial charge in [0.05, 0.1) is 11.8 Å². The van der Waals surface area contributed by atoms with Gasteiger partial charge in [-0.25, -0.2) is 4.79 Å². The molecule has 0 aromatic carbocycles. The Bertz CT molecular complexity index is 407. The third-order valence-electron chi connectivity index (χ3n) is 3.36. The Morgan fingerprint density at radius 2 is 1.67 bits per heavy atom. The molecule has 0 atom stereocenters. The lowest BCUT2D eigenvalue weighted by atomic mass is 9.75. The van der Waals surface area contributed by atoms with E-state index in [0.717, 1.165) is 0 Å². The first-order chi connectivity index (χ1) is 9.35. The largest absolute Gasteiger partial charge is 0.481 e. The number of hydrogen-bond donors (Lipinski definition) is 1. The molecule has 1 heterocycles. The van der Waals surface area contributed by atoms with Gasteiger partial charge >= 0.3 is 18.2 Å². The maximum atomic E-state index is 12.6. The van der Waals surface area contributed by atoms with Gasteiger partial charge in [-0.3, -0.25) is 4.79 Å². The highest BCUT2D eigenvalue weighted by atomic mass is 19.4. The van der Waals surface area contributed by atoms with Gasteiger partial charge < -0.3 is 14.7 Å². The number of carboxylic acid groups (broad SMARTS) is 1. The molecule has 1 aliphatic rings. The van der Waals surface area contributed by atoms with Gasteiger partial charge in [0.25, 0.3) is 0 Å². The minimum atomic E-state index is -4.55. The summed E-state index contributed by atoms with van der Waals surface area (Å²) in [6.45, 7) is 4.93. The Kier molecular flexibility index (Phi) is 4.80. The Labute approximate surface area is 121 Å². The fraction of sp³-hybridized carbons (Fsp3) is 0.846. The maximum Gasteiger partial charge on any atom is 0.410 e. The number of amides is 1. The van der Waals surface area contributed by atoms with Gasteiger partial charge in [-0.1, -0.05) is 0 Å². The van der Waals surface area contributed by atoms with E-state index in [9.17, 15) is 22.8 Å². The average molecular weight is 311 g/mol. The number of carboxylic acids is 1. The van der Waals surface area contributed by atoms with E-state index in [-0.39, 0.29) is 25.9 Å². The maximum absolute atomic E-state index is 12.6. The monoisotopic (exact) mass is 311 g/mol. The number of nitrogens with zero attached hydrogens (tertiary/aromatic N) is 1. The highest BCUT2D eigenvalue weighted by molar-refractivity contribution is 5.76. The minimum Gasteiger partial charge on any atom is -0.481 e. The fourth-order valence-corrected chi connectivity index (χ4v) is 2.29. The van der Waals surface area contributed by atoms with Crippen LogP contribution in [0.1, 0.15) is 40.0 Å². The van der Waals surface area contributed by atoms with Crippen molar-refractivity contribution in [3.8, 4) is 0 Å². The molecule has 0 spiro atoms. The van der Waals surface area contributed by atoms with E-state index in [1.807, 2.05) is 0 Å².